The lowest BCUT2D eigenvalue weighted by Crippen LogP contribution is -2.61. The molecule has 0 saturated carbocycles. The minimum Gasteiger partial charge on any atom is -0.462 e. The van der Waals surface area contributed by atoms with Crippen molar-refractivity contribution >= 4 is 41.8 Å². The SMILES string of the molecule is CC1(C)CC(OC(=O)CC(C(=O)OC2CC(C)(C)N(O)C(C)(C)C2)C(CC(=O)OC2CC(C)(C)N(O)C(C)(C)C2)C(=O)OC2CC(C)(C)N(O)C(C)(C)C2)CC(C)(C)N1O.CC1(C)CC(OC(=O)c2cc(C(=O)OC3CC(C)(C)N(O)C(C)(C)C3)cc(C(=O)OC3CC(C)(C)N(O)C(C)(C)C3)c2)CC(C)(C)N1O. The smallest absolute Gasteiger partial charge is 0.338 e. The highest BCUT2D eigenvalue weighted by Gasteiger charge is 2.55. The Morgan fingerprint density at radius 3 is 0.537 bits per heavy atom. The number of rotatable bonds is 17. The third-order valence-corrected chi connectivity index (χ3v) is 23.7. The second kappa shape index (κ2) is 31.0. The van der Waals surface area contributed by atoms with Gasteiger partial charge >= 0.3 is 41.8 Å². The van der Waals surface area contributed by atoms with Crippen LogP contribution < -0.4 is 0 Å². The molecule has 2 unspecified atom stereocenters. The van der Waals surface area contributed by atoms with Gasteiger partial charge < -0.3 is 69.6 Å². The molecular weight excluding hydrogens is 1390 g/mol. The fraction of sp³-hybridized carbons (Fsp3) is 0.838. The van der Waals surface area contributed by atoms with Crippen molar-refractivity contribution in [3.8, 4) is 0 Å². The van der Waals surface area contributed by atoms with Crippen molar-refractivity contribution < 1.29 is 103 Å². The maximum absolute atomic E-state index is 14.7. The van der Waals surface area contributed by atoms with Gasteiger partial charge in [-0.2, -0.15) is 35.4 Å². The summed E-state index contributed by atoms with van der Waals surface area (Å²) < 4.78 is 42.3. The van der Waals surface area contributed by atoms with Gasteiger partial charge in [0.15, 0.2) is 0 Å². The van der Waals surface area contributed by atoms with E-state index in [9.17, 15) is 70.0 Å². The van der Waals surface area contributed by atoms with Crippen molar-refractivity contribution in [2.24, 2.45) is 11.8 Å². The van der Waals surface area contributed by atoms with Gasteiger partial charge in [0.25, 0.3) is 0 Å². The zero-order valence-corrected chi connectivity index (χ0v) is 70.2. The van der Waals surface area contributed by atoms with E-state index in [1.807, 2.05) is 194 Å². The molecule has 0 amide bonds. The fourth-order valence-electron chi connectivity index (χ4n) is 19.6. The molecule has 1 aromatic rings. The molecule has 28 heteroatoms. The molecule has 7 fully saturated rings. The Kier molecular flexibility index (Phi) is 25.9. The topological polar surface area (TPSA) is 348 Å². The summed E-state index contributed by atoms with van der Waals surface area (Å²) in [5.74, 6) is -8.58. The van der Waals surface area contributed by atoms with Crippen molar-refractivity contribution in [3.63, 3.8) is 0 Å². The predicted octanol–water partition coefficient (Wildman–Crippen LogP) is 13.2. The molecule has 7 heterocycles. The van der Waals surface area contributed by atoms with Gasteiger partial charge in [-0.1, -0.05) is 0 Å². The van der Waals surface area contributed by atoms with Crippen LogP contribution in [0, 0.1) is 11.8 Å². The number of carbonyl (C=O) groups excluding carboxylic acids is 7. The summed E-state index contributed by atoms with van der Waals surface area (Å²) in [6.45, 7) is 51.7. The first-order chi connectivity index (χ1) is 48.6. The van der Waals surface area contributed by atoms with Crippen molar-refractivity contribution in [3.05, 3.63) is 34.9 Å². The zero-order valence-electron chi connectivity index (χ0n) is 70.2. The van der Waals surface area contributed by atoms with Crippen molar-refractivity contribution in [2.75, 3.05) is 0 Å². The molecule has 1 aromatic carbocycles. The Morgan fingerprint density at radius 2 is 0.389 bits per heavy atom. The Labute approximate surface area is 641 Å². The van der Waals surface area contributed by atoms with Crippen LogP contribution in [-0.2, 0) is 52.3 Å². The Morgan fingerprint density at radius 1 is 0.259 bits per heavy atom. The van der Waals surface area contributed by atoms with E-state index in [2.05, 4.69) is 0 Å². The molecule has 0 spiro atoms. The van der Waals surface area contributed by atoms with Gasteiger partial charge in [-0.25, -0.2) is 14.4 Å². The number of nitrogens with zero attached hydrogens (tertiary/aromatic N) is 7. The van der Waals surface area contributed by atoms with Crippen LogP contribution in [0.3, 0.4) is 0 Å². The third kappa shape index (κ3) is 20.7. The highest BCUT2D eigenvalue weighted by Crippen LogP contribution is 2.46. The number of ether oxygens (including phenoxy) is 7. The summed E-state index contributed by atoms with van der Waals surface area (Å²) in [6, 6.07) is 4.10. The van der Waals surface area contributed by atoms with Crippen LogP contribution >= 0.6 is 0 Å². The van der Waals surface area contributed by atoms with Gasteiger partial charge in [0.2, 0.25) is 0 Å². The predicted molar refractivity (Wildman–Crippen MR) is 397 cm³/mol. The highest BCUT2D eigenvalue weighted by atomic mass is 16.6. The molecule has 616 valence electrons. The maximum atomic E-state index is 14.7. The number of hydroxylamine groups is 14. The van der Waals surface area contributed by atoms with E-state index in [0.29, 0.717) is 64.2 Å². The normalized spacial score (nSPS) is 27.3. The summed E-state index contributed by atoms with van der Waals surface area (Å²) in [5.41, 5.74) is -10.1. The summed E-state index contributed by atoms with van der Waals surface area (Å²) >= 11 is 0. The average Bonchev–Trinajstić information content (AvgIpc) is 0.795. The van der Waals surface area contributed by atoms with Crippen LogP contribution in [0.4, 0.5) is 0 Å². The molecular formula is C80H135N7O21. The molecule has 0 bridgehead atoms. The van der Waals surface area contributed by atoms with Gasteiger partial charge in [-0.15, -0.1) is 0 Å². The molecule has 0 aliphatic carbocycles. The van der Waals surface area contributed by atoms with Gasteiger partial charge in [-0.05, 0) is 212 Å². The summed E-state index contributed by atoms with van der Waals surface area (Å²) in [7, 11) is 0. The first-order valence-corrected chi connectivity index (χ1v) is 38.6. The van der Waals surface area contributed by atoms with E-state index in [1.54, 1.807) is 0 Å². The molecule has 7 N–H and O–H groups in total. The molecule has 7 aliphatic heterocycles. The quantitative estimate of drug-likeness (QED) is 0.0563. The number of esters is 7. The van der Waals surface area contributed by atoms with Crippen LogP contribution in [0.15, 0.2) is 18.2 Å². The monoisotopic (exact) mass is 1530 g/mol. The van der Waals surface area contributed by atoms with E-state index < -0.39 is 187 Å². The summed E-state index contributed by atoms with van der Waals surface area (Å²) in [5, 5.41) is 84.8. The average molecular weight is 1530 g/mol. The number of piperidine rings is 7. The van der Waals surface area contributed by atoms with E-state index in [4.69, 9.17) is 33.2 Å². The molecule has 7 aliphatic rings. The molecule has 28 nitrogen and oxygen atoms in total. The maximum Gasteiger partial charge on any atom is 0.338 e. The molecule has 7 saturated heterocycles. The lowest BCUT2D eigenvalue weighted by atomic mass is 9.79. The number of benzene rings is 1. The van der Waals surface area contributed by atoms with Crippen molar-refractivity contribution in [2.45, 2.75) is 417 Å². The number of carbonyl (C=O) groups is 7. The van der Waals surface area contributed by atoms with Crippen LogP contribution in [0.2, 0.25) is 0 Å². The van der Waals surface area contributed by atoms with E-state index in [1.165, 1.54) is 53.6 Å². The Hall–Kier alpha value is -5.05. The second-order valence-corrected chi connectivity index (χ2v) is 41.3. The number of hydrogen-bond donors (Lipinski definition) is 7. The van der Waals surface area contributed by atoms with Crippen molar-refractivity contribution in [1.82, 2.24) is 35.4 Å². The molecule has 0 radical (unpaired) electrons. The van der Waals surface area contributed by atoms with Gasteiger partial charge in [0, 0.05) is 167 Å². The van der Waals surface area contributed by atoms with Crippen LogP contribution in [-0.4, -0.2) is 234 Å². The Bertz CT molecular complexity index is 3050. The largest absolute Gasteiger partial charge is 0.462 e. The molecule has 2 atom stereocenters. The highest BCUT2D eigenvalue weighted by molar-refractivity contribution is 6.00. The van der Waals surface area contributed by atoms with Crippen LogP contribution in [0.5, 0.6) is 0 Å². The molecule has 8 rings (SSSR count). The van der Waals surface area contributed by atoms with Crippen LogP contribution in [0.25, 0.3) is 0 Å². The summed E-state index contributed by atoms with van der Waals surface area (Å²) in [6.07, 6.45) is -1.11. The van der Waals surface area contributed by atoms with Crippen molar-refractivity contribution in [1.29, 1.82) is 0 Å². The fourth-order valence-corrected chi connectivity index (χ4v) is 19.6. The lowest BCUT2D eigenvalue weighted by Gasteiger charge is -2.51. The first kappa shape index (κ1) is 90.1. The number of hydrogen-bond acceptors (Lipinski definition) is 28. The van der Waals surface area contributed by atoms with Gasteiger partial charge in [-0.3, -0.25) is 19.2 Å². The minimum atomic E-state index is -1.54. The lowest BCUT2D eigenvalue weighted by molar-refractivity contribution is -0.262. The molecule has 108 heavy (non-hydrogen) atoms. The van der Waals surface area contributed by atoms with Gasteiger partial charge in [0.1, 0.15) is 42.7 Å². The van der Waals surface area contributed by atoms with E-state index in [0.717, 1.165) is 0 Å². The third-order valence-electron chi connectivity index (χ3n) is 23.7. The second-order valence-electron chi connectivity index (χ2n) is 41.3. The minimum absolute atomic E-state index is 0.00452. The van der Waals surface area contributed by atoms with Crippen LogP contribution in [0.1, 0.15) is 328 Å². The summed E-state index contributed by atoms with van der Waals surface area (Å²) in [4.78, 5) is 98.6. The standard InChI is InChI=1S/C44H78N4O12.C36H57N3O9/c1-37(2)19-27(20-38(3,4)45(37)53)57-33(49)17-31(35(51)59-29-23-41(9,10)47(55)42(11,12)24-29)32(36(52)60-30-25-43(13,14)48(56)44(15,16)26-30)18-34(50)58-28-21-39(5,6)46(54)40(7,8)22-28;1-31(2)16-25(17-32(3,4)37(31)43)46-28(40)22-13-23(29(41)47-26-18-33(5,6)38(44)34(7,8)19-26)15-24(14-22)30(42)48-27-20-35(9,10)39(45)36(11,12)21-27/h27-32,53-56H,17-26H2,1-16H3;13-15,25-27,43-45H,16-21H2,1-12H3. The zero-order chi connectivity index (χ0) is 82.4. The van der Waals surface area contributed by atoms with E-state index >= 15 is 0 Å². The first-order valence-electron chi connectivity index (χ1n) is 38.6. The van der Waals surface area contributed by atoms with Gasteiger partial charge in [0.05, 0.1) is 41.4 Å². The molecule has 0 aromatic heterocycles. The van der Waals surface area contributed by atoms with E-state index in [-0.39, 0.29) is 42.4 Å². The Balaban J connectivity index is 0.000000308.